The summed E-state index contributed by atoms with van der Waals surface area (Å²) in [6.45, 7) is 2.81. The maximum atomic E-state index is 11.8. The zero-order chi connectivity index (χ0) is 16.7. The molecule has 0 aliphatic carbocycles. The molecule has 0 radical (unpaired) electrons. The molecule has 0 saturated carbocycles. The van der Waals surface area contributed by atoms with Gasteiger partial charge in [0.15, 0.2) is 0 Å². The molecule has 0 aliphatic heterocycles. The number of carbonyl (C=O) groups is 1. The second-order valence-corrected chi connectivity index (χ2v) is 6.08. The number of benzene rings is 2. The van der Waals surface area contributed by atoms with Crippen LogP contribution in [0.25, 0.3) is 0 Å². The summed E-state index contributed by atoms with van der Waals surface area (Å²) in [5, 5.41) is 4.21. The van der Waals surface area contributed by atoms with Crippen molar-refractivity contribution in [3.63, 3.8) is 0 Å². The Morgan fingerprint density at radius 2 is 1.87 bits per heavy atom. The lowest BCUT2D eigenvalue weighted by molar-refractivity contribution is -0.121. The van der Waals surface area contributed by atoms with Crippen molar-refractivity contribution < 1.29 is 9.53 Å². The Kier molecular flexibility index (Phi) is 6.75. The molecule has 2 rings (SSSR count). The van der Waals surface area contributed by atoms with Crippen LogP contribution in [-0.4, -0.2) is 19.1 Å². The maximum absolute atomic E-state index is 11.8. The van der Waals surface area contributed by atoms with Crippen molar-refractivity contribution in [1.82, 2.24) is 5.32 Å². The summed E-state index contributed by atoms with van der Waals surface area (Å²) < 4.78 is 5.55. The van der Waals surface area contributed by atoms with E-state index in [1.165, 1.54) is 0 Å². The zero-order valence-corrected chi connectivity index (χ0v) is 14.5. The average molecular weight is 352 g/mol. The summed E-state index contributed by atoms with van der Waals surface area (Å²) in [6, 6.07) is 13.1. The van der Waals surface area contributed by atoms with Gasteiger partial charge in [-0.1, -0.05) is 41.4 Å². The molecular formula is C18H19Cl2NO2. The standard InChI is InChI=1S/C18H19Cl2NO2/c1-13-2-8-16(12-17(13)20)23-11-10-21-18(22)9-5-14-3-6-15(19)7-4-14/h2-4,6-8,12H,5,9-11H2,1H3,(H,21,22). The van der Waals surface area contributed by atoms with E-state index in [9.17, 15) is 4.79 Å². The van der Waals surface area contributed by atoms with E-state index in [2.05, 4.69) is 5.32 Å². The summed E-state index contributed by atoms with van der Waals surface area (Å²) >= 11 is 11.9. The molecule has 1 amide bonds. The Morgan fingerprint density at radius 3 is 2.57 bits per heavy atom. The molecule has 122 valence electrons. The Morgan fingerprint density at radius 1 is 1.13 bits per heavy atom. The van der Waals surface area contributed by atoms with E-state index in [0.29, 0.717) is 41.8 Å². The predicted octanol–water partition coefficient (Wildman–Crippen LogP) is 4.43. The van der Waals surface area contributed by atoms with Gasteiger partial charge in [-0.25, -0.2) is 0 Å². The van der Waals surface area contributed by atoms with Crippen molar-refractivity contribution in [2.75, 3.05) is 13.2 Å². The first-order valence-corrected chi connectivity index (χ1v) is 8.20. The normalized spacial score (nSPS) is 10.4. The first-order chi connectivity index (χ1) is 11.0. The maximum Gasteiger partial charge on any atom is 0.220 e. The summed E-state index contributed by atoms with van der Waals surface area (Å²) in [4.78, 5) is 11.8. The van der Waals surface area contributed by atoms with Crippen LogP contribution < -0.4 is 10.1 Å². The molecule has 1 N–H and O–H groups in total. The van der Waals surface area contributed by atoms with Gasteiger partial charge < -0.3 is 10.1 Å². The highest BCUT2D eigenvalue weighted by atomic mass is 35.5. The molecule has 0 bridgehead atoms. The topological polar surface area (TPSA) is 38.3 Å². The molecule has 0 spiro atoms. The highest BCUT2D eigenvalue weighted by molar-refractivity contribution is 6.31. The number of ether oxygens (including phenoxy) is 1. The Balaban J connectivity index is 1.64. The lowest BCUT2D eigenvalue weighted by Gasteiger charge is -2.09. The molecule has 0 atom stereocenters. The second-order valence-electron chi connectivity index (χ2n) is 5.24. The minimum absolute atomic E-state index is 0.00508. The average Bonchev–Trinajstić information content (AvgIpc) is 2.54. The molecule has 5 heteroatoms. The molecule has 0 heterocycles. The third kappa shape index (κ3) is 6.12. The van der Waals surface area contributed by atoms with Gasteiger partial charge in [0.1, 0.15) is 12.4 Å². The zero-order valence-electron chi connectivity index (χ0n) is 12.9. The van der Waals surface area contributed by atoms with Crippen LogP contribution in [0.2, 0.25) is 10.0 Å². The number of halogens is 2. The lowest BCUT2D eigenvalue weighted by atomic mass is 10.1. The van der Waals surface area contributed by atoms with E-state index in [-0.39, 0.29) is 5.91 Å². The SMILES string of the molecule is Cc1ccc(OCCNC(=O)CCc2ccc(Cl)cc2)cc1Cl. The van der Waals surface area contributed by atoms with Crippen LogP contribution in [-0.2, 0) is 11.2 Å². The summed E-state index contributed by atoms with van der Waals surface area (Å²) in [5.41, 5.74) is 2.10. The number of amides is 1. The van der Waals surface area contributed by atoms with Gasteiger partial charge in [0.05, 0.1) is 6.54 Å². The fourth-order valence-electron chi connectivity index (χ4n) is 2.02. The van der Waals surface area contributed by atoms with E-state index in [1.54, 1.807) is 6.07 Å². The van der Waals surface area contributed by atoms with Gasteiger partial charge >= 0.3 is 0 Å². The summed E-state index contributed by atoms with van der Waals surface area (Å²) in [6.07, 6.45) is 1.13. The number of carbonyl (C=O) groups excluding carboxylic acids is 1. The third-order valence-electron chi connectivity index (χ3n) is 3.39. The smallest absolute Gasteiger partial charge is 0.220 e. The summed E-state index contributed by atoms with van der Waals surface area (Å²) in [7, 11) is 0. The molecule has 3 nitrogen and oxygen atoms in total. The van der Waals surface area contributed by atoms with E-state index in [4.69, 9.17) is 27.9 Å². The van der Waals surface area contributed by atoms with Crippen LogP contribution in [0.4, 0.5) is 0 Å². The number of hydrogen-bond donors (Lipinski definition) is 1. The number of nitrogens with one attached hydrogen (secondary N) is 1. The minimum Gasteiger partial charge on any atom is -0.492 e. The van der Waals surface area contributed by atoms with Crippen molar-refractivity contribution in [1.29, 1.82) is 0 Å². The van der Waals surface area contributed by atoms with Crippen LogP contribution in [0, 0.1) is 6.92 Å². The van der Waals surface area contributed by atoms with Crippen molar-refractivity contribution in [3.8, 4) is 5.75 Å². The second kappa shape index (κ2) is 8.80. The minimum atomic E-state index is 0.00508. The van der Waals surface area contributed by atoms with Gasteiger partial charge in [0.25, 0.3) is 0 Å². The van der Waals surface area contributed by atoms with Crippen LogP contribution in [0.3, 0.4) is 0 Å². The quantitative estimate of drug-likeness (QED) is 0.749. The highest BCUT2D eigenvalue weighted by Gasteiger charge is 2.03. The lowest BCUT2D eigenvalue weighted by Crippen LogP contribution is -2.28. The molecule has 0 aliphatic rings. The Hall–Kier alpha value is -1.71. The van der Waals surface area contributed by atoms with Gasteiger partial charge in [-0.05, 0) is 48.7 Å². The Bertz CT molecular complexity index is 657. The molecular weight excluding hydrogens is 333 g/mol. The van der Waals surface area contributed by atoms with Gasteiger partial charge in [-0.15, -0.1) is 0 Å². The molecule has 2 aromatic rings. The number of rotatable bonds is 7. The largest absolute Gasteiger partial charge is 0.492 e. The van der Waals surface area contributed by atoms with Crippen molar-refractivity contribution in [3.05, 3.63) is 63.6 Å². The number of hydrogen-bond acceptors (Lipinski definition) is 2. The fourth-order valence-corrected chi connectivity index (χ4v) is 2.32. The van der Waals surface area contributed by atoms with Crippen LogP contribution in [0.5, 0.6) is 5.75 Å². The van der Waals surface area contributed by atoms with Gasteiger partial charge in [0, 0.05) is 16.5 Å². The van der Waals surface area contributed by atoms with E-state index >= 15 is 0 Å². The summed E-state index contributed by atoms with van der Waals surface area (Å²) in [5.74, 6) is 0.710. The first-order valence-electron chi connectivity index (χ1n) is 7.44. The van der Waals surface area contributed by atoms with Gasteiger partial charge in [-0.2, -0.15) is 0 Å². The van der Waals surface area contributed by atoms with Crippen LogP contribution >= 0.6 is 23.2 Å². The van der Waals surface area contributed by atoms with Gasteiger partial charge in [-0.3, -0.25) is 4.79 Å². The van der Waals surface area contributed by atoms with Crippen LogP contribution in [0.15, 0.2) is 42.5 Å². The predicted molar refractivity (Wildman–Crippen MR) is 94.5 cm³/mol. The Labute approximate surface area is 146 Å². The first kappa shape index (κ1) is 17.6. The highest BCUT2D eigenvalue weighted by Crippen LogP contribution is 2.21. The van der Waals surface area contributed by atoms with E-state index < -0.39 is 0 Å². The van der Waals surface area contributed by atoms with Crippen molar-refractivity contribution >= 4 is 29.1 Å². The molecule has 0 fully saturated rings. The van der Waals surface area contributed by atoms with Gasteiger partial charge in [0.2, 0.25) is 5.91 Å². The van der Waals surface area contributed by atoms with Crippen molar-refractivity contribution in [2.45, 2.75) is 19.8 Å². The number of aryl methyl sites for hydroxylation is 2. The van der Waals surface area contributed by atoms with Crippen molar-refractivity contribution in [2.24, 2.45) is 0 Å². The molecule has 23 heavy (non-hydrogen) atoms. The monoisotopic (exact) mass is 351 g/mol. The van der Waals surface area contributed by atoms with E-state index in [0.717, 1.165) is 11.1 Å². The molecule has 0 saturated heterocycles. The third-order valence-corrected chi connectivity index (χ3v) is 4.05. The molecule has 2 aromatic carbocycles. The molecule has 0 unspecified atom stereocenters. The molecule has 0 aromatic heterocycles. The van der Waals surface area contributed by atoms with E-state index in [1.807, 2.05) is 43.3 Å². The van der Waals surface area contributed by atoms with Crippen LogP contribution in [0.1, 0.15) is 17.5 Å². The fraction of sp³-hybridized carbons (Fsp3) is 0.278.